The number of para-hydroxylation sites is 2. The lowest BCUT2D eigenvalue weighted by atomic mass is 9.65. The zero-order chi connectivity index (χ0) is 45.5. The Balaban J connectivity index is 0.875. The van der Waals surface area contributed by atoms with Crippen molar-refractivity contribution in [1.29, 1.82) is 0 Å². The Morgan fingerprint density at radius 2 is 1.14 bits per heavy atom. The van der Waals surface area contributed by atoms with Gasteiger partial charge in [-0.15, -0.1) is 11.3 Å². The maximum absolute atomic E-state index is 5.49. The zero-order valence-corrected chi connectivity index (χ0v) is 38.5. The molecule has 14 rings (SSSR count). The lowest BCUT2D eigenvalue weighted by molar-refractivity contribution is 0.618. The summed E-state index contributed by atoms with van der Waals surface area (Å²) in [4.78, 5) is 16.2. The van der Waals surface area contributed by atoms with Crippen molar-refractivity contribution in [2.45, 2.75) is 30.1 Å². The Labute approximate surface area is 404 Å². The molecular formula is C64H44N4S. The third-order valence-electron chi connectivity index (χ3n) is 14.8. The molecule has 0 fully saturated rings. The number of hydrogen-bond acceptors (Lipinski definition) is 4. The maximum Gasteiger partial charge on any atom is 0.163 e. The van der Waals surface area contributed by atoms with Gasteiger partial charge in [0.15, 0.2) is 11.6 Å². The van der Waals surface area contributed by atoms with Crippen LogP contribution in [0.2, 0.25) is 0 Å². The Bertz CT molecular complexity index is 3930. The molecule has 0 N–H and O–H groups in total. The van der Waals surface area contributed by atoms with Gasteiger partial charge in [0, 0.05) is 54.0 Å². The van der Waals surface area contributed by atoms with E-state index >= 15 is 0 Å². The molecule has 3 aliphatic carbocycles. The standard InChI is InChI=1S/C64H44N4S/c1-5-18-41(19-6-1)61-65-62(67-63(66-61)52-28-17-30-55-60(52)51-27-13-15-29-54(51)64(55,45-20-7-2-8-21-45)46-22-9-3-10-23-46)44-33-36-50-49-35-32-43(39-58(49)69-59(50)40-44)42-34-37-57-53(38-42)48-26-14-16-31-56(48)68(57)47-24-11-4-12-25-47/h1-5,7-18,20-40,52,60H,6,19H2. The smallest absolute Gasteiger partial charge is 0.163 e. The van der Waals surface area contributed by atoms with Crippen LogP contribution in [0.3, 0.4) is 0 Å². The second kappa shape index (κ2) is 15.9. The summed E-state index contributed by atoms with van der Waals surface area (Å²) in [6.07, 6.45) is 15.3. The van der Waals surface area contributed by atoms with Gasteiger partial charge in [-0.05, 0) is 99.8 Å². The van der Waals surface area contributed by atoms with Crippen LogP contribution in [0.4, 0.5) is 0 Å². The summed E-state index contributed by atoms with van der Waals surface area (Å²) in [5.74, 6) is 2.19. The van der Waals surface area contributed by atoms with Gasteiger partial charge in [-0.2, -0.15) is 0 Å². The molecule has 0 spiro atoms. The average Bonchev–Trinajstić information content (AvgIpc) is 4.07. The van der Waals surface area contributed by atoms with Gasteiger partial charge in [0.25, 0.3) is 0 Å². The fourth-order valence-corrected chi connectivity index (χ4v) is 13.0. The van der Waals surface area contributed by atoms with E-state index in [0.29, 0.717) is 5.82 Å². The molecule has 2 unspecified atom stereocenters. The number of fused-ring (bicyclic) bond motifs is 9. The maximum atomic E-state index is 5.49. The van der Waals surface area contributed by atoms with Crippen LogP contribution in [0.1, 0.15) is 58.6 Å². The topological polar surface area (TPSA) is 43.6 Å². The molecule has 0 radical (unpaired) electrons. The van der Waals surface area contributed by atoms with Crippen LogP contribution in [-0.4, -0.2) is 19.5 Å². The van der Waals surface area contributed by atoms with Gasteiger partial charge >= 0.3 is 0 Å². The fraction of sp³-hybridized carbons (Fsp3) is 0.0781. The number of benzene rings is 8. The van der Waals surface area contributed by atoms with Crippen molar-refractivity contribution in [1.82, 2.24) is 19.5 Å². The van der Waals surface area contributed by atoms with E-state index in [0.717, 1.165) is 35.6 Å². The summed E-state index contributed by atoms with van der Waals surface area (Å²) in [5.41, 5.74) is 14.2. The molecule has 3 aliphatic rings. The van der Waals surface area contributed by atoms with Crippen LogP contribution in [-0.2, 0) is 5.41 Å². The van der Waals surface area contributed by atoms with Crippen molar-refractivity contribution in [3.05, 3.63) is 270 Å². The van der Waals surface area contributed by atoms with Crippen LogP contribution in [0.25, 0.3) is 75.8 Å². The Hall–Kier alpha value is -8.25. The van der Waals surface area contributed by atoms with Gasteiger partial charge in [0.05, 0.1) is 16.4 Å². The second-order valence-corrected chi connectivity index (χ2v) is 19.6. The molecular weight excluding hydrogens is 857 g/mol. The van der Waals surface area contributed by atoms with Crippen molar-refractivity contribution in [3.63, 3.8) is 0 Å². The van der Waals surface area contributed by atoms with Gasteiger partial charge in [0.1, 0.15) is 5.82 Å². The number of rotatable bonds is 7. The average molecular weight is 901 g/mol. The molecule has 8 aromatic carbocycles. The molecule has 4 nitrogen and oxygen atoms in total. The molecule has 2 atom stereocenters. The second-order valence-electron chi connectivity index (χ2n) is 18.5. The first kappa shape index (κ1) is 39.9. The molecule has 0 bridgehead atoms. The monoisotopic (exact) mass is 900 g/mol. The van der Waals surface area contributed by atoms with Gasteiger partial charge in [-0.3, -0.25) is 0 Å². The molecule has 3 heterocycles. The highest BCUT2D eigenvalue weighted by atomic mass is 32.1. The highest BCUT2D eigenvalue weighted by Gasteiger charge is 2.53. The van der Waals surface area contributed by atoms with E-state index in [1.54, 1.807) is 0 Å². The van der Waals surface area contributed by atoms with E-state index in [4.69, 9.17) is 15.0 Å². The SMILES string of the molecule is C1=CCCC(c2nc(-c3ccc4c(c3)sc3cc(-c5ccc6c(c5)c5ccccc5n6-c5ccccc5)ccc34)nc(C3C=CC=C4C3c3ccccc3C4(c3ccccc3)c3ccccc3)n2)=C1. The summed E-state index contributed by atoms with van der Waals surface area (Å²) in [7, 11) is 0. The number of nitrogens with zero attached hydrogens (tertiary/aromatic N) is 4. The van der Waals surface area contributed by atoms with E-state index in [1.807, 2.05) is 11.3 Å². The minimum atomic E-state index is -0.468. The minimum Gasteiger partial charge on any atom is -0.309 e. The van der Waals surface area contributed by atoms with Crippen LogP contribution in [0, 0.1) is 0 Å². The number of aromatic nitrogens is 4. The molecule has 0 aliphatic heterocycles. The van der Waals surface area contributed by atoms with Crippen molar-refractivity contribution < 1.29 is 0 Å². The zero-order valence-electron chi connectivity index (χ0n) is 37.7. The lowest BCUT2D eigenvalue weighted by Crippen LogP contribution is -2.30. The fourth-order valence-electron chi connectivity index (χ4n) is 11.8. The molecule has 11 aromatic rings. The van der Waals surface area contributed by atoms with Crippen molar-refractivity contribution >= 4 is 58.9 Å². The normalized spacial score (nSPS) is 17.0. The predicted molar refractivity (Wildman–Crippen MR) is 286 cm³/mol. The highest BCUT2D eigenvalue weighted by molar-refractivity contribution is 7.25. The summed E-state index contributed by atoms with van der Waals surface area (Å²) in [6, 6.07) is 71.1. The quantitative estimate of drug-likeness (QED) is 0.160. The van der Waals surface area contributed by atoms with Gasteiger partial charge in [-0.1, -0.05) is 188 Å². The number of hydrogen-bond donors (Lipinski definition) is 0. The first-order valence-electron chi connectivity index (χ1n) is 24.0. The van der Waals surface area contributed by atoms with Gasteiger partial charge in [0.2, 0.25) is 0 Å². The lowest BCUT2D eigenvalue weighted by Gasteiger charge is -2.37. The Morgan fingerprint density at radius 1 is 0.507 bits per heavy atom. The van der Waals surface area contributed by atoms with E-state index < -0.39 is 5.41 Å². The van der Waals surface area contributed by atoms with Crippen molar-refractivity contribution in [2.75, 3.05) is 0 Å². The summed E-state index contributed by atoms with van der Waals surface area (Å²) in [6.45, 7) is 0. The predicted octanol–water partition coefficient (Wildman–Crippen LogP) is 16.1. The molecule has 5 heteroatoms. The Morgan fingerprint density at radius 3 is 1.91 bits per heavy atom. The number of allylic oxidation sites excluding steroid dienone is 8. The minimum absolute atomic E-state index is 0.0254. The molecule has 326 valence electrons. The van der Waals surface area contributed by atoms with Crippen LogP contribution in [0.15, 0.2) is 236 Å². The van der Waals surface area contributed by atoms with E-state index in [1.165, 1.54) is 86.6 Å². The largest absolute Gasteiger partial charge is 0.309 e. The van der Waals surface area contributed by atoms with Crippen LogP contribution in [0.5, 0.6) is 0 Å². The van der Waals surface area contributed by atoms with Crippen molar-refractivity contribution in [2.24, 2.45) is 0 Å². The van der Waals surface area contributed by atoms with Gasteiger partial charge < -0.3 is 4.57 Å². The molecule has 69 heavy (non-hydrogen) atoms. The molecule has 0 saturated carbocycles. The Kier molecular flexibility index (Phi) is 9.21. The summed E-state index contributed by atoms with van der Waals surface area (Å²) in [5, 5.41) is 5.01. The van der Waals surface area contributed by atoms with E-state index in [2.05, 4.69) is 235 Å². The molecule has 0 amide bonds. The first-order chi connectivity index (χ1) is 34.2. The van der Waals surface area contributed by atoms with E-state index in [9.17, 15) is 0 Å². The van der Waals surface area contributed by atoms with Crippen LogP contribution >= 0.6 is 11.3 Å². The van der Waals surface area contributed by atoms with Crippen LogP contribution < -0.4 is 0 Å². The van der Waals surface area contributed by atoms with Crippen molar-refractivity contribution in [3.8, 4) is 28.2 Å². The van der Waals surface area contributed by atoms with Gasteiger partial charge in [-0.25, -0.2) is 15.0 Å². The molecule has 0 saturated heterocycles. The van der Waals surface area contributed by atoms with E-state index in [-0.39, 0.29) is 11.8 Å². The number of thiophene rings is 1. The third kappa shape index (κ3) is 6.24. The third-order valence-corrected chi connectivity index (χ3v) is 16.0. The summed E-state index contributed by atoms with van der Waals surface area (Å²) >= 11 is 1.84. The first-order valence-corrected chi connectivity index (χ1v) is 24.8. The highest BCUT2D eigenvalue weighted by Crippen LogP contribution is 2.62. The summed E-state index contributed by atoms with van der Waals surface area (Å²) < 4.78 is 4.85. The molecule has 3 aromatic heterocycles.